The number of phenolic OH excluding ortho intramolecular Hbond substituents is 1. The smallest absolute Gasteiger partial charge is 0.115 e. The summed E-state index contributed by atoms with van der Waals surface area (Å²) in [6, 6.07) is 8.68. The lowest BCUT2D eigenvalue weighted by Gasteiger charge is -2.31. The molecule has 0 aromatic heterocycles. The van der Waals surface area contributed by atoms with Gasteiger partial charge >= 0.3 is 0 Å². The molecule has 2 aliphatic rings. The molecule has 3 heteroatoms. The van der Waals surface area contributed by atoms with Gasteiger partial charge in [0.1, 0.15) is 5.75 Å². The highest BCUT2D eigenvalue weighted by Crippen LogP contribution is 2.47. The van der Waals surface area contributed by atoms with Crippen LogP contribution in [-0.2, 0) is 5.54 Å². The summed E-state index contributed by atoms with van der Waals surface area (Å²) in [5.41, 5.74) is 7.31. The van der Waals surface area contributed by atoms with Crippen molar-refractivity contribution >= 4 is 0 Å². The number of hydrogen-bond acceptors (Lipinski definition) is 3. The quantitative estimate of drug-likeness (QED) is 0.766. The van der Waals surface area contributed by atoms with E-state index in [0.29, 0.717) is 17.8 Å². The summed E-state index contributed by atoms with van der Waals surface area (Å²) in [5, 5.41) is 13.4. The summed E-state index contributed by atoms with van der Waals surface area (Å²) in [6.07, 6.45) is 6.99. The van der Waals surface area contributed by atoms with Gasteiger partial charge in [-0.1, -0.05) is 12.1 Å². The monoisotopic (exact) mass is 246 g/mol. The summed E-state index contributed by atoms with van der Waals surface area (Å²) < 4.78 is 0. The molecule has 1 aromatic carbocycles. The Kier molecular flexibility index (Phi) is 3.04. The van der Waals surface area contributed by atoms with Crippen molar-refractivity contribution in [2.45, 2.75) is 56.1 Å². The van der Waals surface area contributed by atoms with Crippen molar-refractivity contribution in [3.63, 3.8) is 0 Å². The summed E-state index contributed by atoms with van der Waals surface area (Å²) in [6.45, 7) is 0. The third-order valence-corrected chi connectivity index (χ3v) is 4.40. The average molecular weight is 246 g/mol. The van der Waals surface area contributed by atoms with Gasteiger partial charge in [0.05, 0.1) is 0 Å². The fourth-order valence-electron chi connectivity index (χ4n) is 3.10. The summed E-state index contributed by atoms with van der Waals surface area (Å²) in [5.74, 6) is 0.367. The molecule has 4 N–H and O–H groups in total. The SMILES string of the molecule is NC1CCC(NC2(c3cccc(O)c3)CC2)CC1. The van der Waals surface area contributed by atoms with Gasteiger partial charge in [0, 0.05) is 17.6 Å². The molecule has 0 heterocycles. The Hall–Kier alpha value is -1.06. The highest BCUT2D eigenvalue weighted by atomic mass is 16.3. The first-order valence-corrected chi connectivity index (χ1v) is 7.01. The van der Waals surface area contributed by atoms with Gasteiger partial charge in [-0.05, 0) is 56.2 Å². The van der Waals surface area contributed by atoms with Crippen LogP contribution in [0.5, 0.6) is 5.75 Å². The van der Waals surface area contributed by atoms with Gasteiger partial charge < -0.3 is 16.2 Å². The molecular weight excluding hydrogens is 224 g/mol. The molecular formula is C15H22N2O. The molecule has 98 valence electrons. The third-order valence-electron chi connectivity index (χ3n) is 4.40. The van der Waals surface area contributed by atoms with Crippen LogP contribution in [0.15, 0.2) is 24.3 Å². The molecule has 1 aromatic rings. The Morgan fingerprint density at radius 3 is 2.50 bits per heavy atom. The van der Waals surface area contributed by atoms with E-state index >= 15 is 0 Å². The van der Waals surface area contributed by atoms with Crippen LogP contribution in [0.1, 0.15) is 44.1 Å². The highest BCUT2D eigenvalue weighted by Gasteiger charge is 2.45. The molecule has 3 rings (SSSR count). The molecule has 0 radical (unpaired) electrons. The Balaban J connectivity index is 1.68. The van der Waals surface area contributed by atoms with Crippen molar-refractivity contribution in [2.24, 2.45) is 5.73 Å². The minimum atomic E-state index is 0.130. The molecule has 0 bridgehead atoms. The second-order valence-corrected chi connectivity index (χ2v) is 5.89. The van der Waals surface area contributed by atoms with Crippen LogP contribution in [0.25, 0.3) is 0 Å². The van der Waals surface area contributed by atoms with E-state index < -0.39 is 0 Å². The van der Waals surface area contributed by atoms with Gasteiger partial charge in [0.2, 0.25) is 0 Å². The second-order valence-electron chi connectivity index (χ2n) is 5.89. The first kappa shape index (κ1) is 12.0. The minimum absolute atomic E-state index is 0.130. The van der Waals surface area contributed by atoms with Crippen molar-refractivity contribution < 1.29 is 5.11 Å². The number of phenols is 1. The molecule has 18 heavy (non-hydrogen) atoms. The summed E-state index contributed by atoms with van der Waals surface area (Å²) in [7, 11) is 0. The Morgan fingerprint density at radius 2 is 1.89 bits per heavy atom. The summed E-state index contributed by atoms with van der Waals surface area (Å²) in [4.78, 5) is 0. The maximum atomic E-state index is 9.60. The average Bonchev–Trinajstić information content (AvgIpc) is 3.13. The van der Waals surface area contributed by atoms with Crippen LogP contribution in [0, 0.1) is 0 Å². The van der Waals surface area contributed by atoms with Crippen molar-refractivity contribution in [3.8, 4) is 5.75 Å². The number of nitrogens with one attached hydrogen (secondary N) is 1. The van der Waals surface area contributed by atoms with E-state index in [4.69, 9.17) is 5.73 Å². The number of rotatable bonds is 3. The molecule has 0 saturated heterocycles. The topological polar surface area (TPSA) is 58.3 Å². The molecule has 0 amide bonds. The van der Waals surface area contributed by atoms with Crippen molar-refractivity contribution in [1.82, 2.24) is 5.32 Å². The van der Waals surface area contributed by atoms with Crippen LogP contribution in [0.3, 0.4) is 0 Å². The molecule has 0 spiro atoms. The number of nitrogens with two attached hydrogens (primary N) is 1. The standard InChI is InChI=1S/C15H22N2O/c16-12-4-6-13(7-5-12)17-15(8-9-15)11-2-1-3-14(18)10-11/h1-3,10,12-13,17-18H,4-9,16H2. The first-order valence-electron chi connectivity index (χ1n) is 7.01. The van der Waals surface area contributed by atoms with E-state index in [9.17, 15) is 5.11 Å². The van der Waals surface area contributed by atoms with Crippen LogP contribution in [0.2, 0.25) is 0 Å². The zero-order valence-corrected chi connectivity index (χ0v) is 10.7. The molecule has 0 aliphatic heterocycles. The van der Waals surface area contributed by atoms with E-state index in [1.807, 2.05) is 12.1 Å². The summed E-state index contributed by atoms with van der Waals surface area (Å²) >= 11 is 0. The molecule has 2 fully saturated rings. The van der Waals surface area contributed by atoms with Gasteiger partial charge in [-0.2, -0.15) is 0 Å². The van der Waals surface area contributed by atoms with Gasteiger partial charge in [0.25, 0.3) is 0 Å². The molecule has 0 atom stereocenters. The zero-order chi connectivity index (χ0) is 12.6. The number of hydrogen-bond donors (Lipinski definition) is 3. The predicted octanol–water partition coefficient (Wildman–Crippen LogP) is 2.24. The zero-order valence-electron chi connectivity index (χ0n) is 10.7. The van der Waals surface area contributed by atoms with Crippen molar-refractivity contribution in [1.29, 1.82) is 0 Å². The molecule has 0 unspecified atom stereocenters. The molecule has 3 nitrogen and oxygen atoms in total. The van der Waals surface area contributed by atoms with Crippen LogP contribution in [-0.4, -0.2) is 17.2 Å². The first-order chi connectivity index (χ1) is 8.68. The largest absolute Gasteiger partial charge is 0.508 e. The van der Waals surface area contributed by atoms with Gasteiger partial charge in [-0.3, -0.25) is 0 Å². The van der Waals surface area contributed by atoms with E-state index in [-0.39, 0.29) is 5.54 Å². The maximum absolute atomic E-state index is 9.60. The Bertz CT molecular complexity index is 420. The lowest BCUT2D eigenvalue weighted by molar-refractivity contribution is 0.306. The van der Waals surface area contributed by atoms with Gasteiger partial charge in [0.15, 0.2) is 0 Å². The molecule has 2 saturated carbocycles. The molecule has 2 aliphatic carbocycles. The third kappa shape index (κ3) is 2.38. The fourth-order valence-corrected chi connectivity index (χ4v) is 3.10. The number of aromatic hydroxyl groups is 1. The minimum Gasteiger partial charge on any atom is -0.508 e. The number of benzene rings is 1. The van der Waals surface area contributed by atoms with E-state index in [1.165, 1.54) is 31.2 Å². The van der Waals surface area contributed by atoms with Crippen molar-refractivity contribution in [3.05, 3.63) is 29.8 Å². The normalized spacial score (nSPS) is 30.1. The maximum Gasteiger partial charge on any atom is 0.115 e. The van der Waals surface area contributed by atoms with Gasteiger partial charge in [-0.15, -0.1) is 0 Å². The van der Waals surface area contributed by atoms with E-state index in [0.717, 1.165) is 12.8 Å². The van der Waals surface area contributed by atoms with Crippen LogP contribution in [0.4, 0.5) is 0 Å². The lowest BCUT2D eigenvalue weighted by atomic mass is 9.90. The fraction of sp³-hybridized carbons (Fsp3) is 0.600. The predicted molar refractivity (Wildman–Crippen MR) is 72.4 cm³/mol. The van der Waals surface area contributed by atoms with Gasteiger partial charge in [-0.25, -0.2) is 0 Å². The van der Waals surface area contributed by atoms with E-state index in [1.54, 1.807) is 6.07 Å². The lowest BCUT2D eigenvalue weighted by Crippen LogP contribution is -2.42. The Labute approximate surface area is 108 Å². The van der Waals surface area contributed by atoms with Crippen LogP contribution >= 0.6 is 0 Å². The second kappa shape index (κ2) is 4.56. The Morgan fingerprint density at radius 1 is 1.17 bits per heavy atom. The van der Waals surface area contributed by atoms with Crippen LogP contribution < -0.4 is 11.1 Å². The van der Waals surface area contributed by atoms with E-state index in [2.05, 4.69) is 11.4 Å². The van der Waals surface area contributed by atoms with Crippen molar-refractivity contribution in [2.75, 3.05) is 0 Å². The highest BCUT2D eigenvalue weighted by molar-refractivity contribution is 5.36.